The first-order valence-corrected chi connectivity index (χ1v) is 8.13. The third-order valence-electron chi connectivity index (χ3n) is 3.67. The third-order valence-corrected chi connectivity index (χ3v) is 4.57. The molecule has 2 aromatic heterocycles. The summed E-state index contributed by atoms with van der Waals surface area (Å²) < 4.78 is 5.34. The number of nitrogens with two attached hydrogens (primary N) is 1. The second-order valence-electron chi connectivity index (χ2n) is 5.49. The van der Waals surface area contributed by atoms with Crippen molar-refractivity contribution < 1.29 is 4.42 Å². The number of thiazole rings is 1. The first kappa shape index (κ1) is 17.3. The fourth-order valence-corrected chi connectivity index (χ4v) is 3.33. The number of rotatable bonds is 3. The molecule has 0 radical (unpaired) electrons. The lowest BCUT2D eigenvalue weighted by molar-refractivity contribution is 0.270. The van der Waals surface area contributed by atoms with Gasteiger partial charge in [-0.15, -0.1) is 35.3 Å². The van der Waals surface area contributed by atoms with E-state index in [1.165, 1.54) is 12.8 Å². The van der Waals surface area contributed by atoms with Crippen molar-refractivity contribution in [3.8, 4) is 10.8 Å². The third kappa shape index (κ3) is 4.22. The van der Waals surface area contributed by atoms with Crippen LogP contribution < -0.4 is 5.73 Å². The first-order chi connectivity index (χ1) is 10.2. The number of likely N-dealkylation sites (tertiary alicyclic amines) is 1. The van der Waals surface area contributed by atoms with E-state index in [0.29, 0.717) is 18.4 Å². The number of aromatic nitrogens is 1. The van der Waals surface area contributed by atoms with E-state index in [-0.39, 0.29) is 24.0 Å². The standard InChI is InChI=1S/C15H20N4OS.HI/c1-11-4-2-6-19(9-11)15(16)17-8-12-10-21-14(18-12)13-5-3-7-20-13;/h3,5,7,10-11H,2,4,6,8-9H2,1H3,(H2,16,17);1H. The van der Waals surface area contributed by atoms with Crippen molar-refractivity contribution in [2.24, 2.45) is 16.6 Å². The van der Waals surface area contributed by atoms with E-state index in [2.05, 4.69) is 21.8 Å². The normalized spacial score (nSPS) is 19.0. The summed E-state index contributed by atoms with van der Waals surface area (Å²) in [6, 6.07) is 3.78. The molecule has 22 heavy (non-hydrogen) atoms. The Morgan fingerprint density at radius 3 is 3.18 bits per heavy atom. The molecule has 3 rings (SSSR count). The average Bonchev–Trinajstić information content (AvgIpc) is 3.15. The highest BCUT2D eigenvalue weighted by atomic mass is 127. The predicted molar refractivity (Wildman–Crippen MR) is 101 cm³/mol. The van der Waals surface area contributed by atoms with E-state index < -0.39 is 0 Å². The van der Waals surface area contributed by atoms with Gasteiger partial charge >= 0.3 is 0 Å². The maximum Gasteiger partial charge on any atom is 0.191 e. The van der Waals surface area contributed by atoms with Crippen LogP contribution in [-0.4, -0.2) is 28.9 Å². The highest BCUT2D eigenvalue weighted by Crippen LogP contribution is 2.24. The zero-order valence-electron chi connectivity index (χ0n) is 12.6. The fourth-order valence-electron chi connectivity index (χ4n) is 2.55. The minimum Gasteiger partial charge on any atom is -0.462 e. The summed E-state index contributed by atoms with van der Waals surface area (Å²) in [6.07, 6.45) is 4.13. The van der Waals surface area contributed by atoms with E-state index in [0.717, 1.165) is 29.6 Å². The Hall–Kier alpha value is -1.09. The quantitative estimate of drug-likeness (QED) is 0.458. The molecule has 2 aromatic rings. The largest absolute Gasteiger partial charge is 0.462 e. The number of piperidine rings is 1. The van der Waals surface area contributed by atoms with Gasteiger partial charge in [0.1, 0.15) is 0 Å². The summed E-state index contributed by atoms with van der Waals surface area (Å²) in [5, 5.41) is 2.89. The monoisotopic (exact) mass is 432 g/mol. The molecule has 1 saturated heterocycles. The Balaban J connectivity index is 0.00000176. The van der Waals surface area contributed by atoms with E-state index in [1.54, 1.807) is 17.6 Å². The molecule has 2 N–H and O–H groups in total. The fraction of sp³-hybridized carbons (Fsp3) is 0.467. The molecule has 1 fully saturated rings. The van der Waals surface area contributed by atoms with E-state index in [9.17, 15) is 0 Å². The molecule has 0 aliphatic carbocycles. The van der Waals surface area contributed by atoms with Crippen LogP contribution in [0.15, 0.2) is 33.2 Å². The zero-order chi connectivity index (χ0) is 14.7. The summed E-state index contributed by atoms with van der Waals surface area (Å²) in [5.74, 6) is 2.12. The molecule has 3 heterocycles. The summed E-state index contributed by atoms with van der Waals surface area (Å²) >= 11 is 1.57. The van der Waals surface area contributed by atoms with Crippen LogP contribution in [0.1, 0.15) is 25.5 Å². The van der Waals surface area contributed by atoms with Crippen LogP contribution in [0.25, 0.3) is 10.8 Å². The van der Waals surface area contributed by atoms with Crippen molar-refractivity contribution in [1.82, 2.24) is 9.88 Å². The first-order valence-electron chi connectivity index (χ1n) is 7.25. The van der Waals surface area contributed by atoms with Crippen molar-refractivity contribution in [2.75, 3.05) is 13.1 Å². The topological polar surface area (TPSA) is 67.7 Å². The van der Waals surface area contributed by atoms with Gasteiger partial charge in [-0.2, -0.15) is 0 Å². The minimum atomic E-state index is 0. The maximum absolute atomic E-state index is 6.09. The van der Waals surface area contributed by atoms with Gasteiger partial charge in [0.2, 0.25) is 0 Å². The number of halogens is 1. The average molecular weight is 432 g/mol. The van der Waals surface area contributed by atoms with Crippen molar-refractivity contribution in [1.29, 1.82) is 0 Å². The van der Waals surface area contributed by atoms with Crippen LogP contribution in [-0.2, 0) is 6.54 Å². The molecule has 5 nitrogen and oxygen atoms in total. The number of aliphatic imine (C=N–C) groups is 1. The Labute approximate surface area is 151 Å². The summed E-state index contributed by atoms with van der Waals surface area (Å²) in [7, 11) is 0. The molecular formula is C15H21IN4OS. The number of nitrogens with zero attached hydrogens (tertiary/aromatic N) is 3. The van der Waals surface area contributed by atoms with Crippen molar-refractivity contribution in [3.05, 3.63) is 29.5 Å². The predicted octanol–water partition coefficient (Wildman–Crippen LogP) is 3.57. The van der Waals surface area contributed by atoms with E-state index in [4.69, 9.17) is 10.2 Å². The van der Waals surface area contributed by atoms with Gasteiger partial charge in [-0.3, -0.25) is 0 Å². The van der Waals surface area contributed by atoms with Gasteiger partial charge in [-0.1, -0.05) is 6.92 Å². The van der Waals surface area contributed by atoms with Gasteiger partial charge in [-0.25, -0.2) is 9.98 Å². The van der Waals surface area contributed by atoms with Gasteiger partial charge < -0.3 is 15.1 Å². The van der Waals surface area contributed by atoms with E-state index in [1.807, 2.05) is 17.5 Å². The van der Waals surface area contributed by atoms with Gasteiger partial charge in [0.25, 0.3) is 0 Å². The number of guanidine groups is 1. The molecule has 0 spiro atoms. The lowest BCUT2D eigenvalue weighted by atomic mass is 10.0. The lowest BCUT2D eigenvalue weighted by Crippen LogP contribution is -2.43. The van der Waals surface area contributed by atoms with Crippen LogP contribution in [0.2, 0.25) is 0 Å². The molecule has 1 unspecified atom stereocenters. The van der Waals surface area contributed by atoms with Gasteiger partial charge in [0, 0.05) is 18.5 Å². The Morgan fingerprint density at radius 1 is 1.59 bits per heavy atom. The van der Waals surface area contributed by atoms with Crippen LogP contribution in [0, 0.1) is 5.92 Å². The van der Waals surface area contributed by atoms with Crippen LogP contribution in [0.4, 0.5) is 0 Å². The highest BCUT2D eigenvalue weighted by molar-refractivity contribution is 14.0. The van der Waals surface area contributed by atoms with Crippen LogP contribution >= 0.6 is 35.3 Å². The number of hydrogen-bond acceptors (Lipinski definition) is 4. The molecule has 0 aromatic carbocycles. The van der Waals surface area contributed by atoms with Crippen molar-refractivity contribution in [3.63, 3.8) is 0 Å². The SMILES string of the molecule is CC1CCCN(C(N)=NCc2csc(-c3ccco3)n2)C1.I. The lowest BCUT2D eigenvalue weighted by Gasteiger charge is -2.31. The summed E-state index contributed by atoms with van der Waals surface area (Å²) in [6.45, 7) is 4.79. The molecule has 0 amide bonds. The zero-order valence-corrected chi connectivity index (χ0v) is 15.7. The highest BCUT2D eigenvalue weighted by Gasteiger charge is 2.17. The molecular weight excluding hydrogens is 411 g/mol. The molecule has 0 bridgehead atoms. The van der Waals surface area contributed by atoms with Crippen molar-refractivity contribution in [2.45, 2.75) is 26.3 Å². The maximum atomic E-state index is 6.09. The van der Waals surface area contributed by atoms with E-state index >= 15 is 0 Å². The summed E-state index contributed by atoms with van der Waals surface area (Å²) in [5.41, 5.74) is 7.02. The van der Waals surface area contributed by atoms with Gasteiger partial charge in [0.05, 0.1) is 18.5 Å². The second kappa shape index (κ2) is 7.96. The second-order valence-corrected chi connectivity index (χ2v) is 6.35. The van der Waals surface area contributed by atoms with Crippen LogP contribution in [0.5, 0.6) is 0 Å². The number of furan rings is 1. The molecule has 120 valence electrons. The van der Waals surface area contributed by atoms with Gasteiger partial charge in [0.15, 0.2) is 16.7 Å². The Kier molecular flexibility index (Phi) is 6.25. The Bertz CT molecular complexity index is 611. The molecule has 1 atom stereocenters. The molecule has 0 saturated carbocycles. The van der Waals surface area contributed by atoms with Crippen molar-refractivity contribution >= 4 is 41.3 Å². The number of hydrogen-bond donors (Lipinski definition) is 1. The Morgan fingerprint density at radius 2 is 2.45 bits per heavy atom. The minimum absolute atomic E-state index is 0. The summed E-state index contributed by atoms with van der Waals surface area (Å²) in [4.78, 5) is 11.2. The molecule has 1 aliphatic heterocycles. The smallest absolute Gasteiger partial charge is 0.191 e. The van der Waals surface area contributed by atoms with Crippen LogP contribution in [0.3, 0.4) is 0 Å². The molecule has 7 heteroatoms. The van der Waals surface area contributed by atoms with Gasteiger partial charge in [-0.05, 0) is 30.9 Å². The molecule has 1 aliphatic rings.